The van der Waals surface area contributed by atoms with Crippen molar-refractivity contribution in [1.29, 1.82) is 0 Å². The van der Waals surface area contributed by atoms with Gasteiger partial charge in [0, 0.05) is 0 Å². The first-order valence-electron chi connectivity index (χ1n) is 17.4. The van der Waals surface area contributed by atoms with Crippen molar-refractivity contribution in [1.82, 2.24) is 0 Å². The van der Waals surface area contributed by atoms with Gasteiger partial charge in [0.1, 0.15) is 0 Å². The minimum Gasteiger partial charge on any atom is -0.0877 e. The fraction of sp³-hybridized carbons (Fsp3) is 0.750. The minimum absolute atomic E-state index is 0.354. The maximum absolute atomic E-state index is 2.58. The molecule has 0 saturated heterocycles. The summed E-state index contributed by atoms with van der Waals surface area (Å²) in [7, 11) is 0. The van der Waals surface area contributed by atoms with E-state index in [2.05, 4.69) is 85.8 Å². The molecule has 0 aromatic rings. The summed E-state index contributed by atoms with van der Waals surface area (Å²) in [6, 6.07) is 0. The molecule has 0 amide bonds. The van der Waals surface area contributed by atoms with Gasteiger partial charge >= 0.3 is 0 Å². The zero-order chi connectivity index (χ0) is 28.7. The monoisotopic (exact) mass is 542 g/mol. The first-order chi connectivity index (χ1) is 19.0. The summed E-state index contributed by atoms with van der Waals surface area (Å²) in [5.74, 6) is 6.76. The van der Waals surface area contributed by atoms with Crippen molar-refractivity contribution in [3.8, 4) is 0 Å². The molecular weight excluding hydrogens is 480 g/mol. The first kappa shape index (κ1) is 30.2. The quantitative estimate of drug-likeness (QED) is 0.203. The van der Waals surface area contributed by atoms with Crippen molar-refractivity contribution in [2.75, 3.05) is 0 Å². The number of allylic oxidation sites excluding steroid dienone is 10. The Bertz CT molecular complexity index is 1060. The van der Waals surface area contributed by atoms with Crippen LogP contribution in [0.2, 0.25) is 0 Å². The summed E-state index contributed by atoms with van der Waals surface area (Å²) in [6.07, 6.45) is 30.2. The normalized spacial score (nSPS) is 35.5. The zero-order valence-electron chi connectivity index (χ0n) is 27.6. The van der Waals surface area contributed by atoms with Crippen LogP contribution < -0.4 is 0 Å². The average Bonchev–Trinajstić information content (AvgIpc) is 3.79. The van der Waals surface area contributed by atoms with Gasteiger partial charge in [0.15, 0.2) is 0 Å². The van der Waals surface area contributed by atoms with E-state index in [-0.39, 0.29) is 0 Å². The van der Waals surface area contributed by atoms with Crippen molar-refractivity contribution in [2.45, 2.75) is 139 Å². The first-order valence-corrected chi connectivity index (χ1v) is 17.4. The highest BCUT2D eigenvalue weighted by Gasteiger charge is 2.71. The molecule has 0 nitrogen and oxygen atoms in total. The standard InChI is InChI=1S/C40H62/c1-27(19-21-33-37-34(38(33)37)26-36-30(4)16-12-24-40(36,7)8)13-9-17-31-25-32(31)18-10-14-28(2)20-22-35-29(3)15-11-23-39(35,5)6/h10,13,18,20,22,28,31-34,37-38H,9,11-12,14-17,19,21,23-26H2,1-8H3/b18-10+,22-20+,27-13-/t28-,31+,32?,33?,34?,37-,38+/m1/s1. The van der Waals surface area contributed by atoms with Gasteiger partial charge in [-0.1, -0.05) is 87.3 Å². The molecule has 3 fully saturated rings. The van der Waals surface area contributed by atoms with Crippen LogP contribution in [-0.2, 0) is 0 Å². The van der Waals surface area contributed by atoms with Crippen LogP contribution in [0.15, 0.2) is 58.2 Å². The van der Waals surface area contributed by atoms with Crippen molar-refractivity contribution >= 4 is 0 Å². The maximum Gasteiger partial charge on any atom is -0.0104 e. The molecule has 0 aromatic heterocycles. The van der Waals surface area contributed by atoms with Gasteiger partial charge in [0.25, 0.3) is 0 Å². The van der Waals surface area contributed by atoms with Crippen LogP contribution in [0.5, 0.6) is 0 Å². The van der Waals surface area contributed by atoms with Gasteiger partial charge in [-0.3, -0.25) is 0 Å². The third kappa shape index (κ3) is 7.18. The smallest absolute Gasteiger partial charge is 0.0104 e. The summed E-state index contributed by atoms with van der Waals surface area (Å²) in [4.78, 5) is 0. The van der Waals surface area contributed by atoms with Gasteiger partial charge in [0.2, 0.25) is 0 Å². The van der Waals surface area contributed by atoms with Crippen molar-refractivity contribution < 1.29 is 0 Å². The average molecular weight is 543 g/mol. The van der Waals surface area contributed by atoms with E-state index in [9.17, 15) is 0 Å². The van der Waals surface area contributed by atoms with E-state index >= 15 is 0 Å². The van der Waals surface area contributed by atoms with Gasteiger partial charge in [-0.15, -0.1) is 0 Å². The second-order valence-electron chi connectivity index (χ2n) is 16.4. The molecule has 0 aromatic carbocycles. The zero-order valence-corrected chi connectivity index (χ0v) is 27.6. The summed E-state index contributed by atoms with van der Waals surface area (Å²) in [5.41, 5.74) is 9.28. The molecule has 5 aliphatic rings. The fourth-order valence-electron chi connectivity index (χ4n) is 9.06. The van der Waals surface area contributed by atoms with E-state index in [0.717, 1.165) is 35.5 Å². The molecule has 5 aliphatic carbocycles. The van der Waals surface area contributed by atoms with E-state index in [1.165, 1.54) is 83.5 Å². The number of rotatable bonds is 13. The summed E-state index contributed by atoms with van der Waals surface area (Å²) >= 11 is 0. The number of hydrogen-bond acceptors (Lipinski definition) is 0. The van der Waals surface area contributed by atoms with Gasteiger partial charge in [0.05, 0.1) is 0 Å². The molecule has 0 radical (unpaired) electrons. The lowest BCUT2D eigenvalue weighted by Gasteiger charge is -2.35. The Labute approximate surface area is 248 Å². The molecule has 40 heavy (non-hydrogen) atoms. The van der Waals surface area contributed by atoms with Gasteiger partial charge in [-0.05, 0) is 162 Å². The molecule has 0 bridgehead atoms. The summed E-state index contributed by atoms with van der Waals surface area (Å²) < 4.78 is 0. The molecule has 0 spiro atoms. The van der Waals surface area contributed by atoms with Crippen LogP contribution >= 0.6 is 0 Å². The highest BCUT2D eigenvalue weighted by molar-refractivity contribution is 5.33. The minimum atomic E-state index is 0.354. The summed E-state index contributed by atoms with van der Waals surface area (Å²) in [6.45, 7) is 19.4. The van der Waals surface area contributed by atoms with Crippen LogP contribution in [0.25, 0.3) is 0 Å². The number of fused-ring (bicyclic) bond motifs is 1. The third-order valence-electron chi connectivity index (χ3n) is 12.2. The Morgan fingerprint density at radius 1 is 0.925 bits per heavy atom. The number of hydrogen-bond donors (Lipinski definition) is 0. The van der Waals surface area contributed by atoms with Crippen LogP contribution in [0.3, 0.4) is 0 Å². The van der Waals surface area contributed by atoms with Crippen LogP contribution in [0.1, 0.15) is 139 Å². The Morgan fingerprint density at radius 3 is 2.33 bits per heavy atom. The van der Waals surface area contributed by atoms with Gasteiger partial charge in [-0.25, -0.2) is 0 Å². The molecule has 0 aliphatic heterocycles. The molecule has 5 rings (SSSR count). The van der Waals surface area contributed by atoms with Crippen molar-refractivity contribution in [3.63, 3.8) is 0 Å². The Balaban J connectivity index is 0.933. The van der Waals surface area contributed by atoms with Crippen LogP contribution in [-0.4, -0.2) is 0 Å². The van der Waals surface area contributed by atoms with E-state index in [1.807, 2.05) is 5.57 Å². The van der Waals surface area contributed by atoms with Crippen molar-refractivity contribution in [2.24, 2.45) is 52.3 Å². The molecule has 0 N–H and O–H groups in total. The Kier molecular flexibility index (Phi) is 9.15. The van der Waals surface area contributed by atoms with E-state index in [4.69, 9.17) is 0 Å². The molecule has 0 heterocycles. The van der Waals surface area contributed by atoms with Crippen LogP contribution in [0, 0.1) is 52.3 Å². The predicted molar refractivity (Wildman–Crippen MR) is 175 cm³/mol. The lowest BCUT2D eigenvalue weighted by molar-refractivity contribution is 0.331. The largest absolute Gasteiger partial charge is 0.0877 e. The molecule has 0 heteroatoms. The van der Waals surface area contributed by atoms with E-state index in [1.54, 1.807) is 22.3 Å². The lowest BCUT2D eigenvalue weighted by atomic mass is 9.70. The van der Waals surface area contributed by atoms with Crippen molar-refractivity contribution in [3.05, 3.63) is 58.2 Å². The second kappa shape index (κ2) is 12.1. The lowest BCUT2D eigenvalue weighted by Crippen LogP contribution is -2.22. The third-order valence-corrected chi connectivity index (χ3v) is 12.2. The van der Waals surface area contributed by atoms with E-state index < -0.39 is 0 Å². The predicted octanol–water partition coefficient (Wildman–Crippen LogP) is 12.2. The fourth-order valence-corrected chi connectivity index (χ4v) is 9.06. The molecule has 7 atom stereocenters. The van der Waals surface area contributed by atoms with Gasteiger partial charge in [-0.2, -0.15) is 0 Å². The molecule has 3 unspecified atom stereocenters. The maximum atomic E-state index is 2.58. The molecular formula is C40H62. The van der Waals surface area contributed by atoms with Crippen LogP contribution in [0.4, 0.5) is 0 Å². The highest BCUT2D eigenvalue weighted by atomic mass is 14.8. The SMILES string of the molecule is CC1=C(/C=C/[C@H](C)C/C=C/C2C[C@@H]2CC/C=C(/C)CCC2[C@@H]3C(CC4=C(C)CCCC4(C)C)[C@H]23)C(C)(C)CCC1. The topological polar surface area (TPSA) is 0 Å². The Morgan fingerprint density at radius 2 is 1.62 bits per heavy atom. The van der Waals surface area contributed by atoms with E-state index in [0.29, 0.717) is 16.7 Å². The van der Waals surface area contributed by atoms with Gasteiger partial charge < -0.3 is 0 Å². The molecule has 222 valence electrons. The highest BCUT2D eigenvalue weighted by Crippen LogP contribution is 2.76. The Hall–Kier alpha value is -1.30. The summed E-state index contributed by atoms with van der Waals surface area (Å²) in [5, 5.41) is 0. The molecule has 3 saturated carbocycles. The second-order valence-corrected chi connectivity index (χ2v) is 16.4.